The third-order valence-corrected chi connectivity index (χ3v) is 6.16. The molecule has 1 fully saturated rings. The van der Waals surface area contributed by atoms with E-state index in [0.29, 0.717) is 24.2 Å². The maximum atomic E-state index is 14.5. The van der Waals surface area contributed by atoms with Crippen molar-refractivity contribution in [2.24, 2.45) is 11.8 Å². The van der Waals surface area contributed by atoms with E-state index in [1.165, 1.54) is 19.2 Å². The molecule has 0 spiro atoms. The molecule has 1 aromatic carbocycles. The van der Waals surface area contributed by atoms with E-state index in [1.807, 2.05) is 13.2 Å². The van der Waals surface area contributed by atoms with Gasteiger partial charge in [-0.25, -0.2) is 4.39 Å². The lowest BCUT2D eigenvalue weighted by Gasteiger charge is -2.38. The first-order valence-electron chi connectivity index (χ1n) is 8.98. The van der Waals surface area contributed by atoms with Crippen LogP contribution in [0.1, 0.15) is 25.3 Å². The standard InChI is InChI=1S/C20H25FO5S/c1-12(6-14-7-17(23)18(24-2)8-15(14)21)20-10-13(4-5-27-3)16(22)9-19(20)25-11-26-20/h7-9,12-13,23H,4-6,10-11H2,1-3H3/t12?,13-,20+/m0/s1. The van der Waals surface area contributed by atoms with E-state index in [1.54, 1.807) is 17.8 Å². The van der Waals surface area contributed by atoms with Gasteiger partial charge in [-0.05, 0) is 48.8 Å². The number of allylic oxidation sites excluding steroid dienone is 1. The largest absolute Gasteiger partial charge is 0.504 e. The number of rotatable bonds is 7. The van der Waals surface area contributed by atoms with Gasteiger partial charge in [0, 0.05) is 18.1 Å². The molecule has 148 valence electrons. The zero-order chi connectivity index (χ0) is 19.6. The molecular formula is C20H25FO5S. The second-order valence-corrected chi connectivity index (χ2v) is 8.10. The topological polar surface area (TPSA) is 65.0 Å². The van der Waals surface area contributed by atoms with Gasteiger partial charge in [-0.2, -0.15) is 11.8 Å². The maximum Gasteiger partial charge on any atom is 0.189 e. The Morgan fingerprint density at radius 2 is 2.26 bits per heavy atom. The van der Waals surface area contributed by atoms with Gasteiger partial charge >= 0.3 is 0 Å². The van der Waals surface area contributed by atoms with Crippen LogP contribution in [0.5, 0.6) is 11.5 Å². The Morgan fingerprint density at radius 1 is 1.48 bits per heavy atom. The predicted molar refractivity (Wildman–Crippen MR) is 101 cm³/mol. The highest BCUT2D eigenvalue weighted by atomic mass is 32.2. The highest BCUT2D eigenvalue weighted by Crippen LogP contribution is 2.46. The molecule has 1 saturated heterocycles. The van der Waals surface area contributed by atoms with E-state index in [9.17, 15) is 14.3 Å². The molecular weight excluding hydrogens is 371 g/mol. The average molecular weight is 396 g/mol. The van der Waals surface area contributed by atoms with E-state index in [0.717, 1.165) is 12.2 Å². The van der Waals surface area contributed by atoms with Crippen LogP contribution in [0, 0.1) is 17.7 Å². The van der Waals surface area contributed by atoms with Gasteiger partial charge in [0.2, 0.25) is 0 Å². The summed E-state index contributed by atoms with van der Waals surface area (Å²) in [4.78, 5) is 12.4. The molecule has 0 radical (unpaired) electrons. The zero-order valence-electron chi connectivity index (χ0n) is 15.8. The molecule has 3 atom stereocenters. The number of thioether (sulfide) groups is 1. The summed E-state index contributed by atoms with van der Waals surface area (Å²) in [5.74, 6) is 0.796. The fraction of sp³-hybridized carbons (Fsp3) is 0.550. The normalized spacial score (nSPS) is 25.6. The molecule has 1 aliphatic heterocycles. The van der Waals surface area contributed by atoms with Crippen molar-refractivity contribution in [1.82, 2.24) is 0 Å². The lowest BCUT2D eigenvalue weighted by molar-refractivity contribution is -0.123. The number of halogens is 1. The summed E-state index contributed by atoms with van der Waals surface area (Å²) in [6, 6.07) is 2.57. The van der Waals surface area contributed by atoms with Crippen LogP contribution in [0.4, 0.5) is 4.39 Å². The molecule has 0 saturated carbocycles. The van der Waals surface area contributed by atoms with Crippen molar-refractivity contribution < 1.29 is 28.5 Å². The first kappa shape index (κ1) is 20.0. The molecule has 1 heterocycles. The Balaban J connectivity index is 1.86. The van der Waals surface area contributed by atoms with Gasteiger partial charge in [0.25, 0.3) is 0 Å². The van der Waals surface area contributed by atoms with Gasteiger partial charge in [0.1, 0.15) is 17.2 Å². The van der Waals surface area contributed by atoms with Crippen LogP contribution in [-0.2, 0) is 20.7 Å². The van der Waals surface area contributed by atoms with E-state index < -0.39 is 11.4 Å². The molecule has 5 nitrogen and oxygen atoms in total. The number of ether oxygens (including phenoxy) is 3. The minimum Gasteiger partial charge on any atom is -0.504 e. The first-order chi connectivity index (χ1) is 12.9. The Kier molecular flexibility index (Phi) is 6.01. The Hall–Kier alpha value is -1.73. The minimum atomic E-state index is -0.737. The molecule has 1 aliphatic carbocycles. The fourth-order valence-corrected chi connectivity index (χ4v) is 4.44. The second kappa shape index (κ2) is 8.10. The SMILES string of the molecule is COc1cc(F)c(CC(C)[C@]23C[C@H](CCSC)C(=O)C=C2OCO3)cc1O. The van der Waals surface area contributed by atoms with Crippen molar-refractivity contribution >= 4 is 17.5 Å². The Morgan fingerprint density at radius 3 is 2.96 bits per heavy atom. The van der Waals surface area contributed by atoms with Crippen molar-refractivity contribution in [3.8, 4) is 11.5 Å². The van der Waals surface area contributed by atoms with Gasteiger partial charge in [-0.15, -0.1) is 0 Å². The lowest BCUT2D eigenvalue weighted by atomic mass is 9.71. The molecule has 7 heteroatoms. The van der Waals surface area contributed by atoms with Crippen LogP contribution < -0.4 is 4.74 Å². The van der Waals surface area contributed by atoms with Crippen LogP contribution in [0.2, 0.25) is 0 Å². The molecule has 0 aromatic heterocycles. The number of fused-ring (bicyclic) bond motifs is 1. The van der Waals surface area contributed by atoms with Crippen molar-refractivity contribution in [2.75, 3.05) is 25.9 Å². The molecule has 0 bridgehead atoms. The fourth-order valence-electron chi connectivity index (χ4n) is 3.92. The third kappa shape index (κ3) is 3.80. The van der Waals surface area contributed by atoms with Crippen molar-refractivity contribution in [1.29, 1.82) is 0 Å². The summed E-state index contributed by atoms with van der Waals surface area (Å²) in [6.07, 6.45) is 5.22. The number of phenols is 1. The monoisotopic (exact) mass is 396 g/mol. The van der Waals surface area contributed by atoms with Crippen LogP contribution in [-0.4, -0.2) is 42.4 Å². The van der Waals surface area contributed by atoms with Crippen molar-refractivity contribution in [2.45, 2.75) is 31.8 Å². The average Bonchev–Trinajstić information content (AvgIpc) is 3.06. The van der Waals surface area contributed by atoms with Gasteiger partial charge in [-0.1, -0.05) is 6.92 Å². The van der Waals surface area contributed by atoms with Gasteiger partial charge in [0.05, 0.1) is 7.11 Å². The number of hydrogen-bond acceptors (Lipinski definition) is 6. The quantitative estimate of drug-likeness (QED) is 0.758. The van der Waals surface area contributed by atoms with Gasteiger partial charge in [-0.3, -0.25) is 4.79 Å². The van der Waals surface area contributed by atoms with Crippen LogP contribution in [0.15, 0.2) is 24.0 Å². The number of carbonyl (C=O) groups excluding carboxylic acids is 1. The summed E-state index contributed by atoms with van der Waals surface area (Å²) in [7, 11) is 1.38. The summed E-state index contributed by atoms with van der Waals surface area (Å²) < 4.78 is 31.0. The molecule has 2 aliphatic rings. The van der Waals surface area contributed by atoms with E-state index >= 15 is 0 Å². The first-order valence-corrected chi connectivity index (χ1v) is 10.4. The maximum absolute atomic E-state index is 14.5. The minimum absolute atomic E-state index is 0.0700. The van der Waals surface area contributed by atoms with E-state index in [-0.39, 0.29) is 35.9 Å². The summed E-state index contributed by atoms with van der Waals surface area (Å²) in [5.41, 5.74) is -0.360. The summed E-state index contributed by atoms with van der Waals surface area (Å²) in [5, 5.41) is 9.99. The van der Waals surface area contributed by atoms with Gasteiger partial charge < -0.3 is 19.3 Å². The highest BCUT2D eigenvalue weighted by Gasteiger charge is 2.51. The number of phenolic OH excluding ortho intramolecular Hbond substituents is 1. The number of aromatic hydroxyl groups is 1. The highest BCUT2D eigenvalue weighted by molar-refractivity contribution is 7.98. The number of benzene rings is 1. The van der Waals surface area contributed by atoms with Crippen molar-refractivity contribution in [3.05, 3.63) is 35.3 Å². The van der Waals surface area contributed by atoms with E-state index in [2.05, 4.69) is 0 Å². The predicted octanol–water partition coefficient (Wildman–Crippen LogP) is 3.69. The van der Waals surface area contributed by atoms with Crippen LogP contribution >= 0.6 is 11.8 Å². The van der Waals surface area contributed by atoms with Crippen molar-refractivity contribution in [3.63, 3.8) is 0 Å². The molecule has 1 unspecified atom stereocenters. The smallest absolute Gasteiger partial charge is 0.189 e. The van der Waals surface area contributed by atoms with E-state index in [4.69, 9.17) is 14.2 Å². The number of hydrogen-bond donors (Lipinski definition) is 1. The third-order valence-electron chi connectivity index (χ3n) is 5.51. The Bertz CT molecular complexity index is 750. The second-order valence-electron chi connectivity index (χ2n) is 7.11. The van der Waals surface area contributed by atoms with Crippen LogP contribution in [0.25, 0.3) is 0 Å². The van der Waals surface area contributed by atoms with Gasteiger partial charge in [0.15, 0.2) is 24.1 Å². The zero-order valence-corrected chi connectivity index (χ0v) is 16.6. The summed E-state index contributed by atoms with van der Waals surface area (Å²) >= 11 is 1.71. The lowest BCUT2D eigenvalue weighted by Crippen LogP contribution is -2.45. The number of carbonyl (C=O) groups is 1. The van der Waals surface area contributed by atoms with Crippen LogP contribution in [0.3, 0.4) is 0 Å². The molecule has 3 rings (SSSR count). The molecule has 1 aromatic rings. The summed E-state index contributed by atoms with van der Waals surface area (Å²) in [6.45, 7) is 2.06. The number of ketones is 1. The number of methoxy groups -OCH3 is 1. The molecule has 0 amide bonds. The Labute approximate surface area is 162 Å². The molecule has 1 N–H and O–H groups in total. The molecule has 27 heavy (non-hydrogen) atoms.